The van der Waals surface area contributed by atoms with E-state index in [1.807, 2.05) is 60.7 Å². The molecule has 4 nitrogen and oxygen atoms in total. The summed E-state index contributed by atoms with van der Waals surface area (Å²) in [4.78, 5) is 0. The van der Waals surface area contributed by atoms with Gasteiger partial charge in [0.25, 0.3) is 0 Å². The van der Waals surface area contributed by atoms with Crippen molar-refractivity contribution in [2.45, 2.75) is 12.0 Å². The van der Waals surface area contributed by atoms with Crippen molar-refractivity contribution < 1.29 is 9.84 Å². The molecule has 1 unspecified atom stereocenters. The normalized spacial score (nSPS) is 13.7. The third kappa shape index (κ3) is 3.58. The van der Waals surface area contributed by atoms with E-state index < -0.39 is 11.5 Å². The van der Waals surface area contributed by atoms with Gasteiger partial charge >= 0.3 is 0 Å². The first-order valence-corrected chi connectivity index (χ1v) is 6.91. The van der Waals surface area contributed by atoms with Gasteiger partial charge in [0.15, 0.2) is 5.54 Å². The Morgan fingerprint density at radius 2 is 1.77 bits per heavy atom. The molecule has 22 heavy (non-hydrogen) atoms. The molecule has 0 aliphatic heterocycles. The van der Waals surface area contributed by atoms with Gasteiger partial charge in [-0.2, -0.15) is 5.26 Å². The van der Waals surface area contributed by atoms with Crippen LogP contribution in [-0.4, -0.2) is 7.11 Å². The highest BCUT2D eigenvalue weighted by molar-refractivity contribution is 5.51. The van der Waals surface area contributed by atoms with Crippen molar-refractivity contribution in [3.05, 3.63) is 78.2 Å². The summed E-state index contributed by atoms with van der Waals surface area (Å²) in [5.74, 6) is -0.453. The maximum atomic E-state index is 11.4. The molecular weight excluding hydrogens is 276 g/mol. The monoisotopic (exact) mass is 293 g/mol. The molecule has 2 aromatic rings. The number of nitrogens with one attached hydrogen (secondary N) is 1. The minimum atomic E-state index is -1.03. The van der Waals surface area contributed by atoms with E-state index in [2.05, 4.69) is 16.1 Å². The molecular formula is C18H17N2O2-. The Labute approximate surface area is 130 Å². The molecule has 0 aliphatic carbocycles. The predicted octanol–water partition coefficient (Wildman–Crippen LogP) is 2.76. The van der Waals surface area contributed by atoms with Crippen LogP contribution in [0.3, 0.4) is 0 Å². The van der Waals surface area contributed by atoms with Gasteiger partial charge in [-0.25, -0.2) is 0 Å². The van der Waals surface area contributed by atoms with Crippen LogP contribution in [0.4, 0.5) is 5.69 Å². The van der Waals surface area contributed by atoms with Crippen molar-refractivity contribution in [2.75, 3.05) is 12.4 Å². The second kappa shape index (κ2) is 7.19. The number of para-hydroxylation sites is 1. The molecule has 0 aromatic heterocycles. The van der Waals surface area contributed by atoms with Crippen molar-refractivity contribution in [3.8, 4) is 6.07 Å². The van der Waals surface area contributed by atoms with Gasteiger partial charge in [0.05, 0.1) is 6.07 Å². The lowest BCUT2D eigenvalue weighted by molar-refractivity contribution is -0.353. The molecule has 2 rings (SSSR count). The quantitative estimate of drug-likeness (QED) is 0.832. The molecule has 1 atom stereocenters. The molecule has 2 aromatic carbocycles. The van der Waals surface area contributed by atoms with Gasteiger partial charge < -0.3 is 15.2 Å². The number of nitrogens with zero attached hydrogens (tertiary/aromatic N) is 1. The van der Waals surface area contributed by atoms with Crippen LogP contribution < -0.4 is 10.4 Å². The molecule has 0 amide bonds. The second-order valence-corrected chi connectivity index (χ2v) is 4.81. The number of hydrogen-bond acceptors (Lipinski definition) is 4. The van der Waals surface area contributed by atoms with Gasteiger partial charge in [0.1, 0.15) is 0 Å². The summed E-state index contributed by atoms with van der Waals surface area (Å²) in [5, 5.41) is 24.5. The second-order valence-electron chi connectivity index (χ2n) is 4.81. The lowest BCUT2D eigenvalue weighted by Gasteiger charge is -2.29. The van der Waals surface area contributed by atoms with Crippen molar-refractivity contribution >= 4 is 5.69 Å². The molecule has 4 heteroatoms. The fourth-order valence-electron chi connectivity index (χ4n) is 2.19. The summed E-state index contributed by atoms with van der Waals surface area (Å²) in [6.45, 7) is 0. The first kappa shape index (κ1) is 15.5. The Morgan fingerprint density at radius 3 is 2.32 bits per heavy atom. The standard InChI is InChI=1S/C18H18N2O2/c1-22-17(21)12-13-18(14-19,15-8-4-2-5-9-15)20-16-10-6-3-7-11-16/h2-12,20-21H,13H2,1H3/p-1/b17-12+. The highest BCUT2D eigenvalue weighted by atomic mass is 16.6. The molecule has 0 radical (unpaired) electrons. The zero-order valence-corrected chi connectivity index (χ0v) is 12.3. The summed E-state index contributed by atoms with van der Waals surface area (Å²) < 4.78 is 4.64. The number of methoxy groups -OCH3 is 1. The third-order valence-corrected chi connectivity index (χ3v) is 3.37. The average Bonchev–Trinajstić information content (AvgIpc) is 2.60. The van der Waals surface area contributed by atoms with Gasteiger partial charge in [-0.3, -0.25) is 0 Å². The van der Waals surface area contributed by atoms with Crippen LogP contribution in [0, 0.1) is 11.3 Å². The summed E-state index contributed by atoms with van der Waals surface area (Å²) in [6.07, 6.45) is 1.58. The van der Waals surface area contributed by atoms with E-state index >= 15 is 0 Å². The van der Waals surface area contributed by atoms with Crippen molar-refractivity contribution in [1.29, 1.82) is 5.26 Å². The number of nitriles is 1. The van der Waals surface area contributed by atoms with Crippen LogP contribution in [0.25, 0.3) is 0 Å². The molecule has 0 fully saturated rings. The summed E-state index contributed by atoms with van der Waals surface area (Å²) in [5.41, 5.74) is 0.573. The Hall–Kier alpha value is -2.93. The molecule has 112 valence electrons. The first-order valence-electron chi connectivity index (χ1n) is 6.91. The van der Waals surface area contributed by atoms with Gasteiger partial charge in [0, 0.05) is 18.1 Å². The zero-order valence-electron chi connectivity index (χ0n) is 12.3. The van der Waals surface area contributed by atoms with Gasteiger partial charge in [-0.15, -0.1) is 0 Å². The van der Waals surface area contributed by atoms with Crippen LogP contribution in [0.2, 0.25) is 0 Å². The number of anilines is 1. The molecule has 0 saturated heterocycles. The first-order chi connectivity index (χ1) is 10.7. The lowest BCUT2D eigenvalue weighted by atomic mass is 9.87. The molecule has 1 N–H and O–H groups in total. The molecule has 0 heterocycles. The van der Waals surface area contributed by atoms with E-state index in [9.17, 15) is 10.4 Å². The number of ether oxygens (including phenoxy) is 1. The molecule has 0 bridgehead atoms. The van der Waals surface area contributed by atoms with Crippen LogP contribution in [0.15, 0.2) is 72.7 Å². The number of hydrogen-bond donors (Lipinski definition) is 1. The summed E-state index contributed by atoms with van der Waals surface area (Å²) >= 11 is 0. The summed E-state index contributed by atoms with van der Waals surface area (Å²) in [7, 11) is 1.32. The Morgan fingerprint density at radius 1 is 1.18 bits per heavy atom. The largest absolute Gasteiger partial charge is 0.617 e. The van der Waals surface area contributed by atoms with E-state index in [-0.39, 0.29) is 6.42 Å². The number of benzene rings is 2. The fraction of sp³-hybridized carbons (Fsp3) is 0.167. The van der Waals surface area contributed by atoms with Crippen molar-refractivity contribution in [2.24, 2.45) is 0 Å². The highest BCUT2D eigenvalue weighted by Crippen LogP contribution is 2.30. The smallest absolute Gasteiger partial charge is 0.154 e. The summed E-state index contributed by atoms with van der Waals surface area (Å²) in [6, 6.07) is 21.1. The molecule has 0 aliphatic rings. The van der Waals surface area contributed by atoms with Crippen molar-refractivity contribution in [1.82, 2.24) is 0 Å². The number of rotatable bonds is 6. The van der Waals surface area contributed by atoms with Crippen LogP contribution in [0.1, 0.15) is 12.0 Å². The Balaban J connectivity index is 2.41. The van der Waals surface area contributed by atoms with Gasteiger partial charge in [-0.05, 0) is 24.8 Å². The molecule has 0 saturated carbocycles. The van der Waals surface area contributed by atoms with Gasteiger partial charge in [0.2, 0.25) is 0 Å². The Bertz CT molecular complexity index is 662. The lowest BCUT2D eigenvalue weighted by Crippen LogP contribution is -2.33. The van der Waals surface area contributed by atoms with E-state index in [0.29, 0.717) is 0 Å². The minimum Gasteiger partial charge on any atom is -0.617 e. The van der Waals surface area contributed by atoms with E-state index in [1.165, 1.54) is 13.2 Å². The fourth-order valence-corrected chi connectivity index (χ4v) is 2.19. The predicted molar refractivity (Wildman–Crippen MR) is 83.5 cm³/mol. The minimum absolute atomic E-state index is 0.203. The van der Waals surface area contributed by atoms with Crippen LogP contribution >= 0.6 is 0 Å². The highest BCUT2D eigenvalue weighted by Gasteiger charge is 2.31. The maximum absolute atomic E-state index is 11.4. The topological polar surface area (TPSA) is 68.1 Å². The average molecular weight is 293 g/mol. The van der Waals surface area contributed by atoms with Gasteiger partial charge in [-0.1, -0.05) is 54.6 Å². The van der Waals surface area contributed by atoms with Crippen LogP contribution in [-0.2, 0) is 10.3 Å². The Kier molecular flexibility index (Phi) is 5.05. The zero-order chi connectivity index (χ0) is 15.8. The SMILES string of the molecule is CO/C([O-])=C/CC(C#N)(Nc1ccccc1)c1ccccc1. The van der Waals surface area contributed by atoms with Crippen molar-refractivity contribution in [3.63, 3.8) is 0 Å². The third-order valence-electron chi connectivity index (χ3n) is 3.37. The van der Waals surface area contributed by atoms with Crippen LogP contribution in [0.5, 0.6) is 0 Å². The van der Waals surface area contributed by atoms with E-state index in [0.717, 1.165) is 11.3 Å². The van der Waals surface area contributed by atoms with E-state index in [4.69, 9.17) is 0 Å². The molecule has 0 spiro atoms. The maximum Gasteiger partial charge on any atom is 0.154 e. The van der Waals surface area contributed by atoms with E-state index in [1.54, 1.807) is 0 Å².